The molecule has 2 rings (SSSR count). The standard InChI is InChI=1S/C16H24ClN3O2/c1-16(15(21)18-7-9-22-2)6-3-8-20(12-16)11-13-4-5-14(17)19-10-13/h4-5,10H,3,6-9,11-12H2,1-2H3,(H,18,21). The van der Waals surface area contributed by atoms with Gasteiger partial charge in [0, 0.05) is 32.9 Å². The Morgan fingerprint density at radius 3 is 3.05 bits per heavy atom. The fourth-order valence-electron chi connectivity index (χ4n) is 2.90. The summed E-state index contributed by atoms with van der Waals surface area (Å²) in [6.07, 6.45) is 3.74. The van der Waals surface area contributed by atoms with E-state index < -0.39 is 0 Å². The quantitative estimate of drug-likeness (QED) is 0.643. The second kappa shape index (κ2) is 7.90. The van der Waals surface area contributed by atoms with E-state index in [0.29, 0.717) is 18.3 Å². The molecule has 1 aromatic rings. The lowest BCUT2D eigenvalue weighted by atomic mass is 9.81. The van der Waals surface area contributed by atoms with Gasteiger partial charge in [-0.2, -0.15) is 0 Å². The number of likely N-dealkylation sites (tertiary alicyclic amines) is 1. The Hall–Kier alpha value is -1.17. The van der Waals surface area contributed by atoms with Crippen LogP contribution >= 0.6 is 11.6 Å². The highest BCUT2D eigenvalue weighted by molar-refractivity contribution is 6.29. The monoisotopic (exact) mass is 325 g/mol. The third-order valence-corrected chi connectivity index (χ3v) is 4.33. The molecular weight excluding hydrogens is 302 g/mol. The molecule has 22 heavy (non-hydrogen) atoms. The lowest BCUT2D eigenvalue weighted by Crippen LogP contribution is -2.50. The number of halogens is 1. The number of carbonyl (C=O) groups excluding carboxylic acids is 1. The number of pyridine rings is 1. The van der Waals surface area contributed by atoms with E-state index in [0.717, 1.165) is 38.0 Å². The fraction of sp³-hybridized carbons (Fsp3) is 0.625. The van der Waals surface area contributed by atoms with Crippen molar-refractivity contribution in [3.63, 3.8) is 0 Å². The summed E-state index contributed by atoms with van der Waals surface area (Å²) in [5.41, 5.74) is 0.778. The van der Waals surface area contributed by atoms with E-state index in [9.17, 15) is 4.79 Å². The van der Waals surface area contributed by atoms with E-state index in [1.54, 1.807) is 19.4 Å². The lowest BCUT2D eigenvalue weighted by Gasteiger charge is -2.39. The number of nitrogens with one attached hydrogen (secondary N) is 1. The van der Waals surface area contributed by atoms with Crippen LogP contribution in [0.1, 0.15) is 25.3 Å². The first-order valence-electron chi connectivity index (χ1n) is 7.63. The van der Waals surface area contributed by atoms with Gasteiger partial charge in [0.2, 0.25) is 5.91 Å². The van der Waals surface area contributed by atoms with Crippen LogP contribution in [0.3, 0.4) is 0 Å². The molecule has 1 aromatic heterocycles. The number of amides is 1. The molecule has 0 aliphatic carbocycles. The van der Waals surface area contributed by atoms with Crippen LogP contribution in [0.5, 0.6) is 0 Å². The van der Waals surface area contributed by atoms with E-state index in [2.05, 4.69) is 15.2 Å². The molecule has 0 saturated carbocycles. The zero-order chi connectivity index (χ0) is 16.0. The topological polar surface area (TPSA) is 54.5 Å². The number of carbonyl (C=O) groups is 1. The maximum absolute atomic E-state index is 12.4. The molecule has 1 amide bonds. The van der Waals surface area contributed by atoms with E-state index in [1.807, 2.05) is 13.0 Å². The van der Waals surface area contributed by atoms with Crippen molar-refractivity contribution in [1.29, 1.82) is 0 Å². The number of hydrogen-bond donors (Lipinski definition) is 1. The van der Waals surface area contributed by atoms with Crippen molar-refractivity contribution >= 4 is 17.5 Å². The van der Waals surface area contributed by atoms with Gasteiger partial charge in [-0.3, -0.25) is 9.69 Å². The van der Waals surface area contributed by atoms with Crippen LogP contribution in [0, 0.1) is 5.41 Å². The SMILES string of the molecule is COCCNC(=O)C1(C)CCCN(Cc2ccc(Cl)nc2)C1. The molecule has 1 atom stereocenters. The Balaban J connectivity index is 1.92. The molecule has 122 valence electrons. The highest BCUT2D eigenvalue weighted by Gasteiger charge is 2.37. The molecule has 0 bridgehead atoms. The van der Waals surface area contributed by atoms with Crippen molar-refractivity contribution in [2.45, 2.75) is 26.3 Å². The normalized spacial score (nSPS) is 22.5. The summed E-state index contributed by atoms with van der Waals surface area (Å²) in [6.45, 7) is 5.71. The molecule has 6 heteroatoms. The summed E-state index contributed by atoms with van der Waals surface area (Å²) in [6, 6.07) is 3.79. The molecular formula is C16H24ClN3O2. The second-order valence-corrected chi connectivity index (χ2v) is 6.50. The van der Waals surface area contributed by atoms with Crippen LogP contribution < -0.4 is 5.32 Å². The predicted molar refractivity (Wildman–Crippen MR) is 86.8 cm³/mol. The first kappa shape index (κ1) is 17.2. The number of piperidine rings is 1. The number of hydrogen-bond acceptors (Lipinski definition) is 4. The Labute approximate surface area is 137 Å². The van der Waals surface area contributed by atoms with Gasteiger partial charge in [0.1, 0.15) is 5.15 Å². The first-order chi connectivity index (χ1) is 10.5. The van der Waals surface area contributed by atoms with Gasteiger partial charge in [0.15, 0.2) is 0 Å². The minimum atomic E-state index is -0.341. The number of aromatic nitrogens is 1. The van der Waals surface area contributed by atoms with Gasteiger partial charge in [-0.15, -0.1) is 0 Å². The minimum Gasteiger partial charge on any atom is -0.383 e. The second-order valence-electron chi connectivity index (χ2n) is 6.11. The first-order valence-corrected chi connectivity index (χ1v) is 8.01. The Morgan fingerprint density at radius 1 is 1.55 bits per heavy atom. The molecule has 1 aliphatic heterocycles. The number of methoxy groups -OCH3 is 1. The molecule has 1 N–H and O–H groups in total. The number of rotatable bonds is 6. The molecule has 1 unspecified atom stereocenters. The largest absolute Gasteiger partial charge is 0.383 e. The third kappa shape index (κ3) is 4.66. The average Bonchev–Trinajstić information content (AvgIpc) is 2.50. The molecule has 2 heterocycles. The van der Waals surface area contributed by atoms with Gasteiger partial charge >= 0.3 is 0 Å². The highest BCUT2D eigenvalue weighted by Crippen LogP contribution is 2.30. The Kier molecular flexibility index (Phi) is 6.17. The maximum atomic E-state index is 12.4. The van der Waals surface area contributed by atoms with E-state index >= 15 is 0 Å². The van der Waals surface area contributed by atoms with Gasteiger partial charge in [-0.25, -0.2) is 4.98 Å². The van der Waals surface area contributed by atoms with Crippen LogP contribution in [0.15, 0.2) is 18.3 Å². The minimum absolute atomic E-state index is 0.114. The Bertz CT molecular complexity index is 495. The van der Waals surface area contributed by atoms with Crippen LogP contribution in [0.2, 0.25) is 5.15 Å². The van der Waals surface area contributed by atoms with Gasteiger partial charge in [0.05, 0.1) is 12.0 Å². The maximum Gasteiger partial charge on any atom is 0.227 e. The lowest BCUT2D eigenvalue weighted by molar-refractivity contribution is -0.133. The van der Waals surface area contributed by atoms with Crippen molar-refractivity contribution in [3.8, 4) is 0 Å². The van der Waals surface area contributed by atoms with Crippen molar-refractivity contribution in [2.24, 2.45) is 5.41 Å². The summed E-state index contributed by atoms with van der Waals surface area (Å²) < 4.78 is 4.98. The number of nitrogens with zero attached hydrogens (tertiary/aromatic N) is 2. The average molecular weight is 326 g/mol. The molecule has 1 fully saturated rings. The van der Waals surface area contributed by atoms with E-state index in [4.69, 9.17) is 16.3 Å². The molecule has 0 radical (unpaired) electrons. The molecule has 0 aromatic carbocycles. The Morgan fingerprint density at radius 2 is 2.36 bits per heavy atom. The van der Waals surface area contributed by atoms with Gasteiger partial charge in [-0.05, 0) is 37.9 Å². The summed E-state index contributed by atoms with van der Waals surface area (Å²) in [5, 5.41) is 3.47. The molecule has 5 nitrogen and oxygen atoms in total. The predicted octanol–water partition coefficient (Wildman–Crippen LogP) is 2.10. The van der Waals surface area contributed by atoms with Crippen molar-refractivity contribution in [1.82, 2.24) is 15.2 Å². The summed E-state index contributed by atoms with van der Waals surface area (Å²) in [5.74, 6) is 0.114. The third-order valence-electron chi connectivity index (χ3n) is 4.11. The summed E-state index contributed by atoms with van der Waals surface area (Å²) >= 11 is 5.81. The van der Waals surface area contributed by atoms with Crippen molar-refractivity contribution < 1.29 is 9.53 Å². The van der Waals surface area contributed by atoms with Crippen molar-refractivity contribution in [2.75, 3.05) is 33.4 Å². The number of ether oxygens (including phenoxy) is 1. The van der Waals surface area contributed by atoms with Crippen molar-refractivity contribution in [3.05, 3.63) is 29.0 Å². The zero-order valence-electron chi connectivity index (χ0n) is 13.3. The van der Waals surface area contributed by atoms with Crippen LogP contribution in [-0.4, -0.2) is 49.1 Å². The van der Waals surface area contributed by atoms with Crippen LogP contribution in [-0.2, 0) is 16.1 Å². The fourth-order valence-corrected chi connectivity index (χ4v) is 3.01. The van der Waals surface area contributed by atoms with Gasteiger partial charge in [-0.1, -0.05) is 17.7 Å². The highest BCUT2D eigenvalue weighted by atomic mass is 35.5. The summed E-state index contributed by atoms with van der Waals surface area (Å²) in [4.78, 5) is 18.8. The molecule has 0 spiro atoms. The summed E-state index contributed by atoms with van der Waals surface area (Å²) in [7, 11) is 1.64. The molecule has 1 saturated heterocycles. The van der Waals surface area contributed by atoms with Gasteiger partial charge < -0.3 is 10.1 Å². The van der Waals surface area contributed by atoms with E-state index in [-0.39, 0.29) is 11.3 Å². The van der Waals surface area contributed by atoms with Crippen LogP contribution in [0.25, 0.3) is 0 Å². The van der Waals surface area contributed by atoms with E-state index in [1.165, 1.54) is 0 Å². The zero-order valence-corrected chi connectivity index (χ0v) is 14.0. The smallest absolute Gasteiger partial charge is 0.227 e. The van der Waals surface area contributed by atoms with Gasteiger partial charge in [0.25, 0.3) is 0 Å². The van der Waals surface area contributed by atoms with Crippen LogP contribution in [0.4, 0.5) is 0 Å². The molecule has 1 aliphatic rings.